The third-order valence-corrected chi connectivity index (χ3v) is 13.2. The lowest BCUT2D eigenvalue weighted by molar-refractivity contribution is -0.142. The van der Waals surface area contributed by atoms with Crippen LogP contribution in [0, 0.1) is 11.8 Å². The summed E-state index contributed by atoms with van der Waals surface area (Å²) in [6.07, 6.45) is 4.75. The lowest BCUT2D eigenvalue weighted by atomic mass is 9.98. The molecule has 15 N–H and O–H groups in total. The summed E-state index contributed by atoms with van der Waals surface area (Å²) >= 11 is 0. The Labute approximate surface area is 463 Å². The van der Waals surface area contributed by atoms with E-state index >= 15 is 0 Å². The standard InChI is InChI=1S/C54H76N14O12/c1-29(2)20-39(47(73)61-38(53(79)80)12-9-19-57-54(55)68(5)6)62-48(74)40(21-30(3)4)63-49(75)41(22-31-13-15-34(70)16-14-31)64-52(78)44(27-69)67-50(76)42(23-32-25-58-36-11-8-7-10-35(32)36)65-51(77)43(24-33-26-56-28-59-33)66-46(72)37-17-18-45(71)60-37/h7-8,10-11,13-16,25-26,28-30,37-44,58,69-70H,9,12,17-24,27H2,1-6H3,(H2,55,57)(H,56,59)(H,60,71)(H,61,73)(H,62,74)(H,63,75)(H,64,78)(H,65,77)(H,66,72)(H,67,76)(H,79,80)/t37-,38-,39-,40+,41-,42-,43-,44-/m0/s1. The van der Waals surface area contributed by atoms with Gasteiger partial charge in [-0.1, -0.05) is 58.0 Å². The molecule has 0 bridgehead atoms. The van der Waals surface area contributed by atoms with Gasteiger partial charge in [0.25, 0.3) is 0 Å². The molecule has 80 heavy (non-hydrogen) atoms. The molecule has 0 aliphatic carbocycles. The maximum Gasteiger partial charge on any atom is 0.326 e. The number of nitrogens with two attached hydrogens (primary N) is 1. The molecule has 434 valence electrons. The second-order valence-electron chi connectivity index (χ2n) is 20.9. The number of aliphatic imine (C=N–C) groups is 1. The van der Waals surface area contributed by atoms with Gasteiger partial charge in [-0.05, 0) is 73.3 Å². The number of aliphatic hydroxyl groups excluding tert-OH is 1. The summed E-state index contributed by atoms with van der Waals surface area (Å²) in [7, 11) is 3.41. The van der Waals surface area contributed by atoms with Gasteiger partial charge in [-0.3, -0.25) is 43.3 Å². The van der Waals surface area contributed by atoms with Crippen LogP contribution in [0.15, 0.2) is 72.2 Å². The largest absolute Gasteiger partial charge is 0.508 e. The fraction of sp³-hybridized carbons (Fsp3) is 0.500. The number of fused-ring (bicyclic) bond motifs is 1. The van der Waals surface area contributed by atoms with Crippen molar-refractivity contribution in [3.05, 3.63) is 84.1 Å². The molecule has 0 unspecified atom stereocenters. The summed E-state index contributed by atoms with van der Waals surface area (Å²) in [5.41, 5.74) is 8.06. The molecular formula is C54H76N14O12. The third-order valence-electron chi connectivity index (χ3n) is 13.2. The number of imidazole rings is 1. The molecule has 0 radical (unpaired) electrons. The molecule has 0 saturated carbocycles. The molecule has 5 rings (SSSR count). The summed E-state index contributed by atoms with van der Waals surface area (Å²) in [6, 6.07) is 2.18. The molecule has 26 nitrogen and oxygen atoms in total. The van der Waals surface area contributed by atoms with Gasteiger partial charge in [0.15, 0.2) is 5.96 Å². The van der Waals surface area contributed by atoms with Gasteiger partial charge in [-0.2, -0.15) is 0 Å². The quantitative estimate of drug-likeness (QED) is 0.0171. The number of rotatable bonds is 30. The monoisotopic (exact) mass is 1110 g/mol. The molecule has 1 aliphatic heterocycles. The Hall–Kier alpha value is -8.55. The van der Waals surface area contributed by atoms with Gasteiger partial charge in [0.05, 0.1) is 12.9 Å². The number of hydrogen-bond donors (Lipinski definition) is 14. The topological polar surface area (TPSA) is 397 Å². The van der Waals surface area contributed by atoms with Crippen LogP contribution in [-0.4, -0.2) is 170 Å². The number of para-hydroxylation sites is 1. The number of benzene rings is 2. The number of amides is 8. The number of carboxylic acid groups (broad SMARTS) is 1. The molecule has 1 aliphatic rings. The number of nitrogens with zero attached hydrogens (tertiary/aromatic N) is 3. The minimum absolute atomic E-state index is 0.00940. The number of carbonyl (C=O) groups excluding carboxylic acids is 8. The fourth-order valence-electron chi connectivity index (χ4n) is 8.84. The SMILES string of the molecule is CC(C)C[C@H](NC(=O)[C@@H](CC(C)C)NC(=O)[C@H](Cc1ccc(O)cc1)NC(=O)[C@H](CO)NC(=O)[C@H](Cc1c[nH]c2ccccc12)NC(=O)[C@H](Cc1cnc[nH]1)NC(=O)[C@@H]1CCC(=O)N1)C(=O)N[C@@H](CCCN=C(N)N(C)C)C(=O)O. The van der Waals surface area contributed by atoms with Crippen LogP contribution < -0.4 is 48.3 Å². The summed E-state index contributed by atoms with van der Waals surface area (Å²) in [5.74, 6) is -7.67. The first-order valence-corrected chi connectivity index (χ1v) is 26.5. The highest BCUT2D eigenvalue weighted by Gasteiger charge is 2.36. The Morgan fingerprint density at radius 1 is 0.713 bits per heavy atom. The lowest BCUT2D eigenvalue weighted by Gasteiger charge is -2.28. The average molecular weight is 1110 g/mol. The Morgan fingerprint density at radius 3 is 1.79 bits per heavy atom. The minimum atomic E-state index is -1.74. The lowest BCUT2D eigenvalue weighted by Crippen LogP contribution is -2.61. The maximum absolute atomic E-state index is 14.5. The number of guanidine groups is 1. The zero-order valence-electron chi connectivity index (χ0n) is 45.8. The van der Waals surface area contributed by atoms with Gasteiger partial charge in [-0.25, -0.2) is 9.78 Å². The number of aliphatic hydroxyl groups is 1. The van der Waals surface area contributed by atoms with E-state index in [1.807, 2.05) is 19.9 Å². The molecule has 1 fully saturated rings. The number of aliphatic carboxylic acids is 1. The van der Waals surface area contributed by atoms with E-state index in [-0.39, 0.29) is 93.8 Å². The van der Waals surface area contributed by atoms with E-state index in [0.717, 1.165) is 5.52 Å². The smallest absolute Gasteiger partial charge is 0.326 e. The number of carbonyl (C=O) groups is 9. The van der Waals surface area contributed by atoms with Crippen LogP contribution in [0.4, 0.5) is 0 Å². The van der Waals surface area contributed by atoms with Crippen LogP contribution in [0.2, 0.25) is 0 Å². The van der Waals surface area contributed by atoms with E-state index in [1.54, 1.807) is 57.2 Å². The van der Waals surface area contributed by atoms with Gasteiger partial charge >= 0.3 is 5.97 Å². The normalized spacial score (nSPS) is 16.0. The zero-order valence-corrected chi connectivity index (χ0v) is 45.8. The van der Waals surface area contributed by atoms with Crippen LogP contribution in [0.3, 0.4) is 0 Å². The average Bonchev–Trinajstić information content (AvgIpc) is 4.21. The van der Waals surface area contributed by atoms with E-state index in [9.17, 15) is 58.5 Å². The third kappa shape index (κ3) is 19.1. The summed E-state index contributed by atoms with van der Waals surface area (Å²) in [5, 5.41) is 52.4. The summed E-state index contributed by atoms with van der Waals surface area (Å²) in [4.78, 5) is 139. The predicted octanol–water partition coefficient (Wildman–Crippen LogP) is -0.878. The van der Waals surface area contributed by atoms with Crippen molar-refractivity contribution in [3.8, 4) is 5.75 Å². The first-order valence-electron chi connectivity index (χ1n) is 26.5. The van der Waals surface area contributed by atoms with Gasteiger partial charge < -0.3 is 78.5 Å². The first kappa shape index (κ1) is 62.3. The van der Waals surface area contributed by atoms with E-state index in [2.05, 4.69) is 62.5 Å². The van der Waals surface area contributed by atoms with Crippen LogP contribution in [0.25, 0.3) is 10.9 Å². The Morgan fingerprint density at radius 2 is 1.25 bits per heavy atom. The number of aromatic amines is 2. The van der Waals surface area contributed by atoms with Crippen molar-refractivity contribution in [1.82, 2.24) is 62.4 Å². The van der Waals surface area contributed by atoms with Gasteiger partial charge in [0, 0.05) is 75.3 Å². The zero-order chi connectivity index (χ0) is 58.6. The number of phenolic OH excluding ortho intramolecular Hbond substituents is 1. The summed E-state index contributed by atoms with van der Waals surface area (Å²) < 4.78 is 0. The predicted molar refractivity (Wildman–Crippen MR) is 294 cm³/mol. The Bertz CT molecular complexity index is 2800. The number of hydrogen-bond acceptors (Lipinski definition) is 13. The number of aromatic hydroxyl groups is 1. The maximum atomic E-state index is 14.5. The van der Waals surface area contributed by atoms with E-state index in [4.69, 9.17) is 5.73 Å². The molecule has 3 heterocycles. The fourth-order valence-corrected chi connectivity index (χ4v) is 8.84. The molecular weight excluding hydrogens is 1040 g/mol. The van der Waals surface area contributed by atoms with E-state index in [0.29, 0.717) is 22.2 Å². The van der Waals surface area contributed by atoms with Crippen molar-refractivity contribution in [2.75, 3.05) is 27.2 Å². The van der Waals surface area contributed by atoms with Crippen LogP contribution in [0.5, 0.6) is 5.75 Å². The van der Waals surface area contributed by atoms with Crippen molar-refractivity contribution < 1.29 is 58.5 Å². The molecule has 8 amide bonds. The molecule has 26 heteroatoms. The second kappa shape index (κ2) is 30.0. The van der Waals surface area contributed by atoms with E-state index < -0.39 is 102 Å². The molecule has 2 aromatic carbocycles. The Balaban J connectivity index is 1.37. The van der Waals surface area contributed by atoms with Crippen molar-refractivity contribution in [3.63, 3.8) is 0 Å². The molecule has 0 spiro atoms. The molecule has 8 atom stereocenters. The number of nitrogens with one attached hydrogen (secondary N) is 10. The highest BCUT2D eigenvalue weighted by Crippen LogP contribution is 2.20. The number of phenols is 1. The molecule has 1 saturated heterocycles. The summed E-state index contributed by atoms with van der Waals surface area (Å²) in [6.45, 7) is 6.41. The van der Waals surface area contributed by atoms with Gasteiger partial charge in [0.2, 0.25) is 47.3 Å². The van der Waals surface area contributed by atoms with Gasteiger partial charge in [-0.15, -0.1) is 0 Å². The van der Waals surface area contributed by atoms with Crippen molar-refractivity contribution in [1.29, 1.82) is 0 Å². The Kier molecular flexibility index (Phi) is 23.4. The van der Waals surface area contributed by atoms with Crippen LogP contribution in [0.1, 0.15) is 83.0 Å². The molecule has 4 aromatic rings. The van der Waals surface area contributed by atoms with Crippen molar-refractivity contribution >= 4 is 70.1 Å². The van der Waals surface area contributed by atoms with Gasteiger partial charge in [0.1, 0.15) is 54.1 Å². The molecule has 2 aromatic heterocycles. The van der Waals surface area contributed by atoms with Crippen molar-refractivity contribution in [2.45, 2.75) is 134 Å². The first-order chi connectivity index (χ1) is 38.0. The van der Waals surface area contributed by atoms with Crippen LogP contribution >= 0.6 is 0 Å². The van der Waals surface area contributed by atoms with E-state index in [1.165, 1.54) is 36.8 Å². The van der Waals surface area contributed by atoms with Crippen molar-refractivity contribution in [2.24, 2.45) is 22.6 Å². The van der Waals surface area contributed by atoms with Crippen LogP contribution in [-0.2, 0) is 62.4 Å². The number of aromatic nitrogens is 3. The highest BCUT2D eigenvalue weighted by atomic mass is 16.4. The number of carboxylic acids is 1. The minimum Gasteiger partial charge on any atom is -0.508 e. The second-order valence-corrected chi connectivity index (χ2v) is 20.9. The number of H-pyrrole nitrogens is 2. The highest BCUT2D eigenvalue weighted by molar-refractivity contribution is 5.99.